The minimum absolute atomic E-state index is 0.137. The van der Waals surface area contributed by atoms with Crippen molar-refractivity contribution in [2.24, 2.45) is 0 Å². The molecule has 108 valence electrons. The quantitative estimate of drug-likeness (QED) is 0.779. The summed E-state index contributed by atoms with van der Waals surface area (Å²) in [5.74, 6) is -1.02. The van der Waals surface area contributed by atoms with Crippen molar-refractivity contribution in [1.82, 2.24) is 0 Å². The fourth-order valence-electron chi connectivity index (χ4n) is 2.41. The van der Waals surface area contributed by atoms with Crippen LogP contribution in [0.2, 0.25) is 0 Å². The summed E-state index contributed by atoms with van der Waals surface area (Å²) in [4.78, 5) is 0. The molecule has 1 atom stereocenters. The molecule has 1 heterocycles. The van der Waals surface area contributed by atoms with Gasteiger partial charge in [0.2, 0.25) is 0 Å². The number of furan rings is 1. The van der Waals surface area contributed by atoms with Crippen molar-refractivity contribution in [3.8, 4) is 0 Å². The predicted octanol–water partition coefficient (Wildman–Crippen LogP) is 4.30. The van der Waals surface area contributed by atoms with E-state index in [-0.39, 0.29) is 12.0 Å². The van der Waals surface area contributed by atoms with E-state index in [2.05, 4.69) is 0 Å². The van der Waals surface area contributed by atoms with E-state index in [1.807, 2.05) is 25.1 Å². The van der Waals surface area contributed by atoms with Crippen LogP contribution in [0, 0.1) is 18.6 Å². The Morgan fingerprint density at radius 1 is 1.10 bits per heavy atom. The van der Waals surface area contributed by atoms with Crippen molar-refractivity contribution >= 4 is 11.0 Å². The number of hydrogen-bond acceptors (Lipinski definition) is 2. The fraction of sp³-hybridized carbons (Fsp3) is 0.176. The van der Waals surface area contributed by atoms with Gasteiger partial charge in [0, 0.05) is 17.4 Å². The number of aliphatic hydroxyl groups is 1. The number of para-hydroxylation sites is 1. The average Bonchev–Trinajstić information content (AvgIpc) is 2.88. The second-order valence-corrected chi connectivity index (χ2v) is 5.06. The molecule has 0 fully saturated rings. The standard InChI is InChI=1S/C17H14F2O2/c1-10-4-2-5-11-8-16(21-17(10)11)15(20)9-12-13(18)6-3-7-14(12)19/h2-8,15,20H,9H2,1H3. The molecule has 1 aromatic heterocycles. The number of aryl methyl sites for hydroxylation is 1. The maximum absolute atomic E-state index is 13.6. The van der Waals surface area contributed by atoms with Gasteiger partial charge in [0.1, 0.15) is 29.1 Å². The van der Waals surface area contributed by atoms with Gasteiger partial charge in [0.15, 0.2) is 0 Å². The van der Waals surface area contributed by atoms with Crippen molar-refractivity contribution in [2.45, 2.75) is 19.4 Å². The highest BCUT2D eigenvalue weighted by atomic mass is 19.1. The molecule has 0 aliphatic heterocycles. The Hall–Kier alpha value is -2.20. The SMILES string of the molecule is Cc1cccc2cc(C(O)Cc3c(F)cccc3F)oc12. The molecule has 4 heteroatoms. The van der Waals surface area contributed by atoms with Crippen molar-refractivity contribution in [3.63, 3.8) is 0 Å². The summed E-state index contributed by atoms with van der Waals surface area (Å²) in [6.45, 7) is 1.90. The Morgan fingerprint density at radius 3 is 2.43 bits per heavy atom. The molecule has 2 nitrogen and oxygen atoms in total. The molecular formula is C17H14F2O2. The summed E-state index contributed by atoms with van der Waals surface area (Å²) in [5.41, 5.74) is 1.49. The van der Waals surface area contributed by atoms with E-state index in [9.17, 15) is 13.9 Å². The number of fused-ring (bicyclic) bond motifs is 1. The van der Waals surface area contributed by atoms with Crippen LogP contribution in [-0.4, -0.2) is 5.11 Å². The molecule has 2 aromatic carbocycles. The zero-order valence-corrected chi connectivity index (χ0v) is 11.4. The van der Waals surface area contributed by atoms with Crippen molar-refractivity contribution in [3.05, 3.63) is 71.0 Å². The predicted molar refractivity (Wildman–Crippen MR) is 76.0 cm³/mol. The van der Waals surface area contributed by atoms with Gasteiger partial charge in [-0.15, -0.1) is 0 Å². The third kappa shape index (κ3) is 2.54. The minimum Gasteiger partial charge on any atom is -0.458 e. The van der Waals surface area contributed by atoms with E-state index in [1.165, 1.54) is 18.2 Å². The Balaban J connectivity index is 1.94. The minimum atomic E-state index is -1.09. The van der Waals surface area contributed by atoms with Gasteiger partial charge < -0.3 is 9.52 Å². The molecule has 0 saturated carbocycles. The van der Waals surface area contributed by atoms with E-state index in [0.717, 1.165) is 10.9 Å². The second-order valence-electron chi connectivity index (χ2n) is 5.06. The molecule has 21 heavy (non-hydrogen) atoms. The average molecular weight is 288 g/mol. The molecule has 0 amide bonds. The highest BCUT2D eigenvalue weighted by Gasteiger charge is 2.19. The molecule has 0 saturated heterocycles. The molecule has 1 N–H and O–H groups in total. The van der Waals surface area contributed by atoms with Crippen LogP contribution in [0.25, 0.3) is 11.0 Å². The van der Waals surface area contributed by atoms with Crippen LogP contribution in [0.5, 0.6) is 0 Å². The summed E-state index contributed by atoms with van der Waals surface area (Å²) in [6.07, 6.45) is -1.26. The van der Waals surface area contributed by atoms with E-state index in [4.69, 9.17) is 4.42 Å². The second kappa shape index (κ2) is 5.30. The van der Waals surface area contributed by atoms with E-state index in [0.29, 0.717) is 11.3 Å². The molecular weight excluding hydrogens is 274 g/mol. The number of aliphatic hydroxyl groups excluding tert-OH is 1. The maximum atomic E-state index is 13.6. The third-order valence-electron chi connectivity index (χ3n) is 3.55. The first-order valence-corrected chi connectivity index (χ1v) is 6.66. The monoisotopic (exact) mass is 288 g/mol. The first-order valence-electron chi connectivity index (χ1n) is 6.66. The summed E-state index contributed by atoms with van der Waals surface area (Å²) < 4.78 is 32.8. The summed E-state index contributed by atoms with van der Waals surface area (Å²) >= 11 is 0. The van der Waals surface area contributed by atoms with E-state index < -0.39 is 17.7 Å². The summed E-state index contributed by atoms with van der Waals surface area (Å²) in [5, 5.41) is 11.0. The normalized spacial score (nSPS) is 12.8. The Morgan fingerprint density at radius 2 is 1.76 bits per heavy atom. The number of hydrogen-bond donors (Lipinski definition) is 1. The van der Waals surface area contributed by atoms with Gasteiger partial charge >= 0.3 is 0 Å². The molecule has 0 aliphatic carbocycles. The molecule has 0 spiro atoms. The zero-order chi connectivity index (χ0) is 15.0. The Kier molecular flexibility index (Phi) is 3.47. The van der Waals surface area contributed by atoms with Crippen LogP contribution in [0.4, 0.5) is 8.78 Å². The lowest BCUT2D eigenvalue weighted by molar-refractivity contribution is 0.150. The molecule has 0 radical (unpaired) electrons. The highest BCUT2D eigenvalue weighted by Crippen LogP contribution is 2.29. The van der Waals surface area contributed by atoms with Gasteiger partial charge in [-0.2, -0.15) is 0 Å². The van der Waals surface area contributed by atoms with Crippen LogP contribution in [0.3, 0.4) is 0 Å². The number of halogens is 2. The van der Waals surface area contributed by atoms with E-state index in [1.54, 1.807) is 6.07 Å². The molecule has 1 unspecified atom stereocenters. The van der Waals surface area contributed by atoms with Gasteiger partial charge in [-0.25, -0.2) is 8.78 Å². The van der Waals surface area contributed by atoms with Crippen LogP contribution in [0.1, 0.15) is 23.0 Å². The lowest BCUT2D eigenvalue weighted by Crippen LogP contribution is -2.04. The van der Waals surface area contributed by atoms with Crippen molar-refractivity contribution < 1.29 is 18.3 Å². The van der Waals surface area contributed by atoms with Gasteiger partial charge in [-0.1, -0.05) is 24.3 Å². The smallest absolute Gasteiger partial charge is 0.137 e. The molecule has 0 bridgehead atoms. The van der Waals surface area contributed by atoms with Crippen molar-refractivity contribution in [1.29, 1.82) is 0 Å². The largest absolute Gasteiger partial charge is 0.458 e. The topological polar surface area (TPSA) is 33.4 Å². The molecule has 0 aliphatic rings. The Bertz CT molecular complexity index is 772. The van der Waals surface area contributed by atoms with Gasteiger partial charge in [-0.3, -0.25) is 0 Å². The molecule has 3 rings (SSSR count). The summed E-state index contributed by atoms with van der Waals surface area (Å²) in [7, 11) is 0. The summed E-state index contributed by atoms with van der Waals surface area (Å²) in [6, 6.07) is 11.0. The van der Waals surface area contributed by atoms with Gasteiger partial charge in [-0.05, 0) is 30.7 Å². The Labute approximate surface area is 120 Å². The number of benzene rings is 2. The van der Waals surface area contributed by atoms with Crippen molar-refractivity contribution in [2.75, 3.05) is 0 Å². The lowest BCUT2D eigenvalue weighted by Gasteiger charge is -2.09. The first-order chi connectivity index (χ1) is 10.1. The van der Waals surface area contributed by atoms with E-state index >= 15 is 0 Å². The van der Waals surface area contributed by atoms with Gasteiger partial charge in [0.05, 0.1) is 0 Å². The van der Waals surface area contributed by atoms with Crippen LogP contribution < -0.4 is 0 Å². The highest BCUT2D eigenvalue weighted by molar-refractivity contribution is 5.80. The zero-order valence-electron chi connectivity index (χ0n) is 11.4. The molecule has 3 aromatic rings. The number of rotatable bonds is 3. The van der Waals surface area contributed by atoms with Gasteiger partial charge in [0.25, 0.3) is 0 Å². The first kappa shape index (κ1) is 13.8. The third-order valence-corrected chi connectivity index (χ3v) is 3.55. The lowest BCUT2D eigenvalue weighted by atomic mass is 10.0. The van der Waals surface area contributed by atoms with Crippen LogP contribution in [-0.2, 0) is 6.42 Å². The maximum Gasteiger partial charge on any atom is 0.137 e. The fourth-order valence-corrected chi connectivity index (χ4v) is 2.41. The van der Waals surface area contributed by atoms with Crippen LogP contribution >= 0.6 is 0 Å². The van der Waals surface area contributed by atoms with Crippen LogP contribution in [0.15, 0.2) is 46.9 Å².